The van der Waals surface area contributed by atoms with Gasteiger partial charge in [0.1, 0.15) is 0 Å². The van der Waals surface area contributed by atoms with Gasteiger partial charge in [-0.3, -0.25) is 0 Å². The molecule has 0 aliphatic heterocycles. The van der Waals surface area contributed by atoms with Crippen molar-refractivity contribution in [3.8, 4) is 0 Å². The highest BCUT2D eigenvalue weighted by atomic mass is 15.1. The van der Waals surface area contributed by atoms with Crippen LogP contribution in [0.4, 0.5) is 0 Å². The highest BCUT2D eigenvalue weighted by molar-refractivity contribution is 4.76. The summed E-state index contributed by atoms with van der Waals surface area (Å²) in [6.07, 6.45) is 11.4. The van der Waals surface area contributed by atoms with Crippen molar-refractivity contribution in [3.63, 3.8) is 0 Å². The average Bonchev–Trinajstić information content (AvgIpc) is 2.55. The maximum Gasteiger partial charge on any atom is 0.00923 e. The Bertz CT molecular complexity index is 182. The SMILES string of the molecule is CCCC1CCCC(N(C)CCCNC)CC1. The van der Waals surface area contributed by atoms with Crippen molar-refractivity contribution < 1.29 is 0 Å². The van der Waals surface area contributed by atoms with Gasteiger partial charge in [0.15, 0.2) is 0 Å². The number of nitrogens with zero attached hydrogens (tertiary/aromatic N) is 1. The van der Waals surface area contributed by atoms with E-state index < -0.39 is 0 Å². The van der Waals surface area contributed by atoms with Gasteiger partial charge in [0.2, 0.25) is 0 Å². The topological polar surface area (TPSA) is 15.3 Å². The molecule has 0 radical (unpaired) electrons. The zero-order valence-corrected chi connectivity index (χ0v) is 12.2. The summed E-state index contributed by atoms with van der Waals surface area (Å²) in [6, 6.07) is 0.855. The molecule has 17 heavy (non-hydrogen) atoms. The molecule has 1 rings (SSSR count). The van der Waals surface area contributed by atoms with Crippen molar-refractivity contribution in [2.75, 3.05) is 27.2 Å². The predicted octanol–water partition coefficient (Wildman–Crippen LogP) is 3.28. The summed E-state index contributed by atoms with van der Waals surface area (Å²) < 4.78 is 0. The Morgan fingerprint density at radius 3 is 2.71 bits per heavy atom. The largest absolute Gasteiger partial charge is 0.320 e. The van der Waals surface area contributed by atoms with Crippen molar-refractivity contribution in [2.45, 2.75) is 64.3 Å². The van der Waals surface area contributed by atoms with Crippen molar-refractivity contribution >= 4 is 0 Å². The molecule has 1 N–H and O–H groups in total. The molecule has 2 heteroatoms. The zero-order valence-electron chi connectivity index (χ0n) is 12.2. The molecule has 0 aromatic carbocycles. The zero-order chi connectivity index (χ0) is 12.5. The fourth-order valence-electron chi connectivity index (χ4n) is 3.18. The van der Waals surface area contributed by atoms with E-state index in [1.165, 1.54) is 57.9 Å². The van der Waals surface area contributed by atoms with Gasteiger partial charge in [0.05, 0.1) is 0 Å². The maximum absolute atomic E-state index is 3.24. The van der Waals surface area contributed by atoms with Crippen LogP contribution in [0.25, 0.3) is 0 Å². The van der Waals surface area contributed by atoms with Gasteiger partial charge < -0.3 is 10.2 Å². The van der Waals surface area contributed by atoms with Crippen LogP contribution in [-0.4, -0.2) is 38.1 Å². The molecule has 0 spiro atoms. The second-order valence-electron chi connectivity index (χ2n) is 5.75. The van der Waals surface area contributed by atoms with Crippen molar-refractivity contribution in [1.29, 1.82) is 0 Å². The van der Waals surface area contributed by atoms with E-state index in [1.807, 2.05) is 7.05 Å². The van der Waals surface area contributed by atoms with E-state index in [9.17, 15) is 0 Å². The summed E-state index contributed by atoms with van der Waals surface area (Å²) in [5.41, 5.74) is 0. The average molecular weight is 240 g/mol. The molecule has 2 nitrogen and oxygen atoms in total. The minimum absolute atomic E-state index is 0.855. The Hall–Kier alpha value is -0.0800. The quantitative estimate of drug-likeness (QED) is 0.543. The summed E-state index contributed by atoms with van der Waals surface area (Å²) in [4.78, 5) is 2.60. The maximum atomic E-state index is 3.24. The molecule has 1 fully saturated rings. The Morgan fingerprint density at radius 1 is 1.18 bits per heavy atom. The van der Waals surface area contributed by atoms with Gasteiger partial charge >= 0.3 is 0 Å². The molecule has 0 amide bonds. The van der Waals surface area contributed by atoms with Gasteiger partial charge in [-0.1, -0.05) is 32.6 Å². The van der Waals surface area contributed by atoms with Crippen molar-refractivity contribution in [1.82, 2.24) is 10.2 Å². The minimum atomic E-state index is 0.855. The highest BCUT2D eigenvalue weighted by Crippen LogP contribution is 2.28. The molecule has 0 saturated heterocycles. The third-order valence-corrected chi connectivity index (χ3v) is 4.32. The molecule has 1 saturated carbocycles. The molecule has 2 unspecified atom stereocenters. The van der Waals surface area contributed by atoms with E-state index in [0.29, 0.717) is 0 Å². The van der Waals surface area contributed by atoms with Gasteiger partial charge in [0.25, 0.3) is 0 Å². The molecule has 1 aliphatic rings. The Balaban J connectivity index is 2.24. The van der Waals surface area contributed by atoms with E-state index >= 15 is 0 Å². The number of rotatable bonds is 7. The summed E-state index contributed by atoms with van der Waals surface area (Å²) in [5.74, 6) is 1.02. The van der Waals surface area contributed by atoms with Crippen LogP contribution in [0.3, 0.4) is 0 Å². The lowest BCUT2D eigenvalue weighted by Crippen LogP contribution is -2.33. The monoisotopic (exact) mass is 240 g/mol. The fraction of sp³-hybridized carbons (Fsp3) is 1.00. The van der Waals surface area contributed by atoms with Crippen LogP contribution in [0.1, 0.15) is 58.3 Å². The number of nitrogens with one attached hydrogen (secondary N) is 1. The molecular formula is C15H32N2. The summed E-state index contributed by atoms with van der Waals surface area (Å²) in [7, 11) is 4.36. The van der Waals surface area contributed by atoms with E-state index in [4.69, 9.17) is 0 Å². The highest BCUT2D eigenvalue weighted by Gasteiger charge is 2.20. The summed E-state index contributed by atoms with van der Waals surface area (Å²) >= 11 is 0. The van der Waals surface area contributed by atoms with Gasteiger partial charge in [-0.2, -0.15) is 0 Å². The molecule has 2 atom stereocenters. The van der Waals surface area contributed by atoms with Gasteiger partial charge in [0, 0.05) is 6.04 Å². The smallest absolute Gasteiger partial charge is 0.00923 e. The van der Waals surface area contributed by atoms with Crippen LogP contribution in [0, 0.1) is 5.92 Å². The van der Waals surface area contributed by atoms with Gasteiger partial charge in [-0.05, 0) is 58.8 Å². The lowest BCUT2D eigenvalue weighted by atomic mass is 9.95. The standard InChI is InChI=1S/C15H32N2/c1-4-7-14-8-5-9-15(11-10-14)17(3)13-6-12-16-2/h14-16H,4-13H2,1-3H3. The molecule has 1 aliphatic carbocycles. The Kier molecular flexibility index (Phi) is 7.87. The van der Waals surface area contributed by atoms with E-state index in [2.05, 4.69) is 24.2 Å². The minimum Gasteiger partial charge on any atom is -0.320 e. The number of hydrogen-bond donors (Lipinski definition) is 1. The molecule has 0 aromatic heterocycles. The third kappa shape index (κ3) is 5.87. The molecule has 0 heterocycles. The van der Waals surface area contributed by atoms with Crippen LogP contribution in [0.15, 0.2) is 0 Å². The third-order valence-electron chi connectivity index (χ3n) is 4.32. The van der Waals surface area contributed by atoms with Crippen LogP contribution >= 0.6 is 0 Å². The van der Waals surface area contributed by atoms with Crippen molar-refractivity contribution in [3.05, 3.63) is 0 Å². The second kappa shape index (κ2) is 8.93. The molecule has 0 aromatic rings. The van der Waals surface area contributed by atoms with E-state index in [1.54, 1.807) is 0 Å². The normalized spacial score (nSPS) is 26.1. The first-order valence-corrected chi connectivity index (χ1v) is 7.62. The summed E-state index contributed by atoms with van der Waals surface area (Å²) in [5, 5.41) is 3.24. The lowest BCUT2D eigenvalue weighted by Gasteiger charge is -2.27. The molecule has 102 valence electrons. The first-order chi connectivity index (χ1) is 8.27. The van der Waals surface area contributed by atoms with Crippen LogP contribution in [0.2, 0.25) is 0 Å². The molecular weight excluding hydrogens is 208 g/mol. The van der Waals surface area contributed by atoms with Gasteiger partial charge in [-0.15, -0.1) is 0 Å². The molecule has 0 bridgehead atoms. The van der Waals surface area contributed by atoms with E-state index in [0.717, 1.165) is 18.5 Å². The lowest BCUT2D eigenvalue weighted by molar-refractivity contribution is 0.216. The van der Waals surface area contributed by atoms with Crippen LogP contribution < -0.4 is 5.32 Å². The van der Waals surface area contributed by atoms with Crippen LogP contribution in [-0.2, 0) is 0 Å². The fourth-order valence-corrected chi connectivity index (χ4v) is 3.18. The first-order valence-electron chi connectivity index (χ1n) is 7.62. The van der Waals surface area contributed by atoms with Gasteiger partial charge in [-0.25, -0.2) is 0 Å². The van der Waals surface area contributed by atoms with Crippen LogP contribution in [0.5, 0.6) is 0 Å². The number of hydrogen-bond acceptors (Lipinski definition) is 2. The van der Waals surface area contributed by atoms with E-state index in [-0.39, 0.29) is 0 Å². The predicted molar refractivity (Wildman–Crippen MR) is 76.4 cm³/mol. The Labute approximate surface area is 108 Å². The summed E-state index contributed by atoms with van der Waals surface area (Å²) in [6.45, 7) is 4.73. The Morgan fingerprint density at radius 2 is 2.00 bits per heavy atom. The first kappa shape index (κ1) is 15.0. The second-order valence-corrected chi connectivity index (χ2v) is 5.75. The van der Waals surface area contributed by atoms with Crippen molar-refractivity contribution in [2.24, 2.45) is 5.92 Å².